The van der Waals surface area contributed by atoms with Crippen molar-refractivity contribution < 1.29 is 24.2 Å². The van der Waals surface area contributed by atoms with Gasteiger partial charge in [-0.25, -0.2) is 4.79 Å². The van der Waals surface area contributed by atoms with Crippen molar-refractivity contribution in [2.45, 2.75) is 51.7 Å². The van der Waals surface area contributed by atoms with Crippen molar-refractivity contribution in [2.75, 3.05) is 13.2 Å². The van der Waals surface area contributed by atoms with Gasteiger partial charge in [0.1, 0.15) is 18.0 Å². The molecule has 1 rings (SSSR count). The fourth-order valence-corrected chi connectivity index (χ4v) is 2.34. The van der Waals surface area contributed by atoms with Crippen molar-refractivity contribution >= 4 is 23.6 Å². The van der Waals surface area contributed by atoms with Crippen molar-refractivity contribution in [3.05, 3.63) is 28.8 Å². The molecule has 0 radical (unpaired) electrons. The average Bonchev–Trinajstić information content (AvgIpc) is 2.58. The number of amides is 2. The smallest absolute Gasteiger partial charge is 0.407 e. The molecule has 0 saturated heterocycles. The molecule has 4 N–H and O–H groups in total. The van der Waals surface area contributed by atoms with E-state index in [1.54, 1.807) is 39.0 Å². The first kappa shape index (κ1) is 23.6. The Morgan fingerprint density at radius 3 is 2.68 bits per heavy atom. The van der Waals surface area contributed by atoms with E-state index in [-0.39, 0.29) is 19.6 Å². The molecule has 2 amide bonds. The average molecular weight is 411 g/mol. The Balaban J connectivity index is 2.81. The predicted molar refractivity (Wildman–Crippen MR) is 107 cm³/mol. The largest absolute Gasteiger partial charge is 0.490 e. The number of primary amides is 1. The van der Waals surface area contributed by atoms with E-state index in [1.165, 1.54) is 0 Å². The van der Waals surface area contributed by atoms with E-state index in [2.05, 4.69) is 17.2 Å². The minimum atomic E-state index is -0.649. The first-order chi connectivity index (χ1) is 13.1. The summed E-state index contributed by atoms with van der Waals surface area (Å²) in [5, 5.41) is 11.8. The second kappa shape index (κ2) is 11.4. The van der Waals surface area contributed by atoms with Gasteiger partial charge in [0.15, 0.2) is 0 Å². The monoisotopic (exact) mass is 410 g/mol. The van der Waals surface area contributed by atoms with Gasteiger partial charge in [-0.3, -0.25) is 4.79 Å². The number of carbonyl (C=O) groups is 2. The molecule has 7 nitrogen and oxygen atoms in total. The summed E-state index contributed by atoms with van der Waals surface area (Å²) in [6, 6.07) is 4.66. The van der Waals surface area contributed by atoms with E-state index in [9.17, 15) is 9.59 Å². The predicted octanol–water partition coefficient (Wildman–Crippen LogP) is 2.61. The Kier molecular flexibility index (Phi) is 9.63. The standard InChI is InChI=1S/C20H27ClN2O5/c1-20(2,3)28-19(26)23-15(10-11-17(22)25)13-27-16-9-6-8-14(18(16)21)7-4-5-12-24/h6,8-9,15,24H,5,10-13H2,1-3H3,(H2,22,25)(H,23,26)/t15-/m0/s1. The Morgan fingerprint density at radius 1 is 1.36 bits per heavy atom. The van der Waals surface area contributed by atoms with E-state index in [1.807, 2.05) is 0 Å². The third-order valence-corrected chi connectivity index (χ3v) is 3.71. The number of rotatable bonds is 8. The number of nitrogens with two attached hydrogens (primary N) is 1. The lowest BCUT2D eigenvalue weighted by atomic mass is 10.1. The molecule has 1 atom stereocenters. The van der Waals surface area contributed by atoms with Crippen molar-refractivity contribution in [1.82, 2.24) is 5.32 Å². The van der Waals surface area contributed by atoms with Crippen LogP contribution < -0.4 is 15.8 Å². The lowest BCUT2D eigenvalue weighted by molar-refractivity contribution is -0.118. The maximum Gasteiger partial charge on any atom is 0.407 e. The molecular weight excluding hydrogens is 384 g/mol. The van der Waals surface area contributed by atoms with Crippen LogP contribution in [0.1, 0.15) is 45.6 Å². The van der Waals surface area contributed by atoms with Crippen LogP contribution in [0.15, 0.2) is 18.2 Å². The van der Waals surface area contributed by atoms with Crippen LogP contribution in [0.3, 0.4) is 0 Å². The Bertz CT molecular complexity index is 734. The molecule has 154 valence electrons. The zero-order valence-electron chi connectivity index (χ0n) is 16.4. The first-order valence-electron chi connectivity index (χ1n) is 8.91. The summed E-state index contributed by atoms with van der Waals surface area (Å²) in [6.07, 6.45) is 0.114. The third kappa shape index (κ3) is 9.49. The molecule has 1 aromatic rings. The number of nitrogens with one attached hydrogen (secondary N) is 1. The van der Waals surface area contributed by atoms with Crippen LogP contribution in [0.4, 0.5) is 4.79 Å². The van der Waals surface area contributed by atoms with Crippen LogP contribution in [0.2, 0.25) is 5.02 Å². The zero-order valence-corrected chi connectivity index (χ0v) is 17.1. The second-order valence-corrected chi connectivity index (χ2v) is 7.43. The number of ether oxygens (including phenoxy) is 2. The summed E-state index contributed by atoms with van der Waals surface area (Å²) in [5.74, 6) is 5.59. The molecule has 28 heavy (non-hydrogen) atoms. The van der Waals surface area contributed by atoms with E-state index in [4.69, 9.17) is 31.9 Å². The van der Waals surface area contributed by atoms with Crippen LogP contribution in [0.25, 0.3) is 0 Å². The summed E-state index contributed by atoms with van der Waals surface area (Å²) >= 11 is 6.32. The van der Waals surface area contributed by atoms with Gasteiger partial charge in [-0.1, -0.05) is 29.5 Å². The lowest BCUT2D eigenvalue weighted by Crippen LogP contribution is -2.42. The number of aliphatic hydroxyl groups excluding tert-OH is 1. The molecule has 0 unspecified atom stereocenters. The quantitative estimate of drug-likeness (QED) is 0.570. The number of hydrogen-bond donors (Lipinski definition) is 3. The maximum absolute atomic E-state index is 12.0. The molecule has 0 heterocycles. The second-order valence-electron chi connectivity index (χ2n) is 7.05. The summed E-state index contributed by atoms with van der Waals surface area (Å²) in [5.41, 5.74) is 5.13. The van der Waals surface area contributed by atoms with Crippen LogP contribution in [0, 0.1) is 11.8 Å². The number of hydrogen-bond acceptors (Lipinski definition) is 5. The number of alkyl carbamates (subject to hydrolysis) is 1. The maximum atomic E-state index is 12.0. The van der Waals surface area contributed by atoms with Crippen molar-refractivity contribution in [3.63, 3.8) is 0 Å². The summed E-state index contributed by atoms with van der Waals surface area (Å²) < 4.78 is 11.0. The molecule has 0 fully saturated rings. The molecule has 8 heteroatoms. The number of benzene rings is 1. The van der Waals surface area contributed by atoms with Gasteiger partial charge in [0.2, 0.25) is 5.91 Å². The summed E-state index contributed by atoms with van der Waals surface area (Å²) in [6.45, 7) is 5.30. The minimum absolute atomic E-state index is 0.0291. The summed E-state index contributed by atoms with van der Waals surface area (Å²) in [7, 11) is 0. The van der Waals surface area contributed by atoms with E-state index < -0.39 is 23.6 Å². The van der Waals surface area contributed by atoms with Crippen molar-refractivity contribution in [3.8, 4) is 17.6 Å². The first-order valence-corrected chi connectivity index (χ1v) is 9.29. The van der Waals surface area contributed by atoms with Crippen molar-refractivity contribution in [1.29, 1.82) is 0 Å². The SMILES string of the molecule is CC(C)(C)OC(=O)N[C@@H](CCC(N)=O)COc1cccc(C#CCCO)c1Cl. The highest BCUT2D eigenvalue weighted by Gasteiger charge is 2.21. The molecular formula is C20H27ClN2O5. The van der Waals surface area contributed by atoms with Gasteiger partial charge < -0.3 is 25.6 Å². The third-order valence-electron chi connectivity index (χ3n) is 3.32. The summed E-state index contributed by atoms with van der Waals surface area (Å²) in [4.78, 5) is 23.1. The molecule has 0 saturated carbocycles. The minimum Gasteiger partial charge on any atom is -0.490 e. The molecule has 0 aliphatic heterocycles. The van der Waals surface area contributed by atoms with E-state index in [0.29, 0.717) is 29.2 Å². The molecule has 0 bridgehead atoms. The number of aliphatic hydroxyl groups is 1. The number of halogens is 1. The van der Waals surface area contributed by atoms with E-state index in [0.717, 1.165) is 0 Å². The molecule has 0 aliphatic carbocycles. The van der Waals surface area contributed by atoms with Crippen LogP contribution in [-0.4, -0.2) is 42.0 Å². The normalized spacial score (nSPS) is 11.8. The molecule has 1 aromatic carbocycles. The topological polar surface area (TPSA) is 111 Å². The van der Waals surface area contributed by atoms with Gasteiger partial charge in [-0.15, -0.1) is 0 Å². The highest BCUT2D eigenvalue weighted by molar-refractivity contribution is 6.33. The van der Waals surface area contributed by atoms with Gasteiger partial charge in [0.05, 0.1) is 17.7 Å². The van der Waals surface area contributed by atoms with Gasteiger partial charge in [0, 0.05) is 18.4 Å². The molecule has 0 aliphatic rings. The van der Waals surface area contributed by atoms with Gasteiger partial charge >= 0.3 is 6.09 Å². The van der Waals surface area contributed by atoms with Crippen LogP contribution >= 0.6 is 11.6 Å². The highest BCUT2D eigenvalue weighted by atomic mass is 35.5. The Hall–Kier alpha value is -2.43. The zero-order chi connectivity index (χ0) is 21.2. The van der Waals surface area contributed by atoms with E-state index >= 15 is 0 Å². The van der Waals surface area contributed by atoms with Crippen LogP contribution in [-0.2, 0) is 9.53 Å². The molecule has 0 aromatic heterocycles. The fourth-order valence-electron chi connectivity index (χ4n) is 2.11. The number of carbonyl (C=O) groups excluding carboxylic acids is 2. The highest BCUT2D eigenvalue weighted by Crippen LogP contribution is 2.28. The van der Waals surface area contributed by atoms with Gasteiger partial charge in [-0.05, 0) is 39.3 Å². The fraction of sp³-hybridized carbons (Fsp3) is 0.500. The lowest BCUT2D eigenvalue weighted by Gasteiger charge is -2.24. The van der Waals surface area contributed by atoms with Crippen LogP contribution in [0.5, 0.6) is 5.75 Å². The van der Waals surface area contributed by atoms with Gasteiger partial charge in [-0.2, -0.15) is 0 Å². The van der Waals surface area contributed by atoms with Crippen molar-refractivity contribution in [2.24, 2.45) is 5.73 Å². The Morgan fingerprint density at radius 2 is 2.07 bits per heavy atom. The van der Waals surface area contributed by atoms with Gasteiger partial charge in [0.25, 0.3) is 0 Å². The molecule has 0 spiro atoms. The Labute approximate surface area is 170 Å².